The maximum absolute atomic E-state index is 11.8. The summed E-state index contributed by atoms with van der Waals surface area (Å²) < 4.78 is 0. The van der Waals surface area contributed by atoms with E-state index in [1.54, 1.807) is 11.9 Å². The number of nitrogens with zero attached hydrogens (tertiary/aromatic N) is 1. The van der Waals surface area contributed by atoms with Gasteiger partial charge in [-0.2, -0.15) is 0 Å². The highest BCUT2D eigenvalue weighted by Crippen LogP contribution is 2.19. The van der Waals surface area contributed by atoms with Crippen molar-refractivity contribution >= 4 is 23.2 Å². The Morgan fingerprint density at radius 3 is 2.89 bits per heavy atom. The van der Waals surface area contributed by atoms with Gasteiger partial charge in [-0.3, -0.25) is 0 Å². The first kappa shape index (κ1) is 12.8. The fraction of sp³-hybridized carbons (Fsp3) is 0.385. The highest BCUT2D eigenvalue weighted by Gasteiger charge is 2.24. The first-order valence-corrected chi connectivity index (χ1v) is 6.37. The molecule has 2 rings (SSSR count). The van der Waals surface area contributed by atoms with Crippen molar-refractivity contribution in [2.45, 2.75) is 25.4 Å². The SMILES string of the molecule is CN(Cc1cccc(C(N)=S)c1)C(=O)NC1CC1. The number of thiocarbonyl (C=S) groups is 1. The molecule has 1 aliphatic rings. The van der Waals surface area contributed by atoms with Gasteiger partial charge in [0.2, 0.25) is 0 Å². The first-order valence-electron chi connectivity index (χ1n) is 5.96. The summed E-state index contributed by atoms with van der Waals surface area (Å²) in [6.45, 7) is 0.551. The second-order valence-corrected chi connectivity index (χ2v) is 5.08. The van der Waals surface area contributed by atoms with Crippen LogP contribution in [0.3, 0.4) is 0 Å². The fourth-order valence-corrected chi connectivity index (χ4v) is 1.81. The number of rotatable bonds is 4. The summed E-state index contributed by atoms with van der Waals surface area (Å²) in [4.78, 5) is 13.8. The first-order chi connectivity index (χ1) is 8.56. The third kappa shape index (κ3) is 3.43. The van der Waals surface area contributed by atoms with Crippen molar-refractivity contribution < 1.29 is 4.79 Å². The molecule has 0 heterocycles. The fourth-order valence-electron chi connectivity index (χ4n) is 1.68. The van der Waals surface area contributed by atoms with Gasteiger partial charge < -0.3 is 16.0 Å². The molecule has 3 N–H and O–H groups in total. The van der Waals surface area contributed by atoms with E-state index in [1.165, 1.54) is 0 Å². The maximum Gasteiger partial charge on any atom is 0.317 e. The zero-order valence-corrected chi connectivity index (χ0v) is 11.2. The number of benzene rings is 1. The van der Waals surface area contributed by atoms with Crippen LogP contribution in [0, 0.1) is 0 Å². The zero-order chi connectivity index (χ0) is 13.1. The summed E-state index contributed by atoms with van der Waals surface area (Å²) in [7, 11) is 1.78. The van der Waals surface area contributed by atoms with E-state index in [9.17, 15) is 4.79 Å². The predicted octanol–water partition coefficient (Wildman–Crippen LogP) is 1.62. The number of carbonyl (C=O) groups is 1. The third-order valence-electron chi connectivity index (χ3n) is 2.88. The molecule has 1 saturated carbocycles. The minimum atomic E-state index is -0.0294. The molecule has 0 bridgehead atoms. The molecule has 96 valence electrons. The Bertz CT molecular complexity index is 471. The van der Waals surface area contributed by atoms with Gasteiger partial charge in [0, 0.05) is 25.2 Å². The van der Waals surface area contributed by atoms with Crippen molar-refractivity contribution in [1.29, 1.82) is 0 Å². The van der Waals surface area contributed by atoms with Crippen LogP contribution in [0.15, 0.2) is 24.3 Å². The van der Waals surface area contributed by atoms with Gasteiger partial charge in [0.25, 0.3) is 0 Å². The molecule has 1 aliphatic carbocycles. The summed E-state index contributed by atoms with van der Waals surface area (Å²) >= 11 is 4.94. The maximum atomic E-state index is 11.8. The van der Waals surface area contributed by atoms with Crippen molar-refractivity contribution in [1.82, 2.24) is 10.2 Å². The molecule has 0 unspecified atom stereocenters. The number of hydrogen-bond donors (Lipinski definition) is 2. The van der Waals surface area contributed by atoms with E-state index in [0.29, 0.717) is 17.6 Å². The van der Waals surface area contributed by atoms with Gasteiger partial charge in [-0.05, 0) is 24.5 Å². The average Bonchev–Trinajstić information content (AvgIpc) is 3.13. The monoisotopic (exact) mass is 263 g/mol. The number of urea groups is 1. The molecule has 1 aromatic carbocycles. The summed E-state index contributed by atoms with van der Waals surface area (Å²) in [5.74, 6) is 0. The van der Waals surface area contributed by atoms with Gasteiger partial charge in [-0.15, -0.1) is 0 Å². The Hall–Kier alpha value is -1.62. The van der Waals surface area contributed by atoms with Crippen molar-refractivity contribution in [3.8, 4) is 0 Å². The molecule has 2 amide bonds. The van der Waals surface area contributed by atoms with Crippen LogP contribution in [0.1, 0.15) is 24.0 Å². The Balaban J connectivity index is 1.96. The molecule has 18 heavy (non-hydrogen) atoms. The zero-order valence-electron chi connectivity index (χ0n) is 10.3. The van der Waals surface area contributed by atoms with Gasteiger partial charge in [-0.1, -0.05) is 30.4 Å². The van der Waals surface area contributed by atoms with Gasteiger partial charge in [-0.25, -0.2) is 4.79 Å². The highest BCUT2D eigenvalue weighted by atomic mass is 32.1. The molecular formula is C13H17N3OS. The Morgan fingerprint density at radius 2 is 2.28 bits per heavy atom. The number of nitrogens with one attached hydrogen (secondary N) is 1. The molecule has 0 atom stereocenters. The molecule has 1 aromatic rings. The van der Waals surface area contributed by atoms with Crippen LogP contribution in [0.2, 0.25) is 0 Å². The van der Waals surface area contributed by atoms with Gasteiger partial charge in [0.1, 0.15) is 4.99 Å². The van der Waals surface area contributed by atoms with E-state index in [0.717, 1.165) is 24.0 Å². The minimum absolute atomic E-state index is 0.0294. The van der Waals surface area contributed by atoms with E-state index in [1.807, 2.05) is 24.3 Å². The van der Waals surface area contributed by atoms with Crippen LogP contribution in [0.4, 0.5) is 4.79 Å². The Morgan fingerprint density at radius 1 is 1.56 bits per heavy atom. The average molecular weight is 263 g/mol. The predicted molar refractivity (Wildman–Crippen MR) is 75.4 cm³/mol. The van der Waals surface area contributed by atoms with Crippen LogP contribution in [-0.4, -0.2) is 29.0 Å². The summed E-state index contributed by atoms with van der Waals surface area (Å²) in [5.41, 5.74) is 7.44. The van der Waals surface area contributed by atoms with Gasteiger partial charge in [0.15, 0.2) is 0 Å². The topological polar surface area (TPSA) is 58.4 Å². The smallest absolute Gasteiger partial charge is 0.317 e. The summed E-state index contributed by atoms with van der Waals surface area (Å²) in [5, 5.41) is 2.95. The van der Waals surface area contributed by atoms with Crippen molar-refractivity contribution in [3.63, 3.8) is 0 Å². The normalized spacial score (nSPS) is 14.1. The highest BCUT2D eigenvalue weighted by molar-refractivity contribution is 7.80. The van der Waals surface area contributed by atoms with Crippen molar-refractivity contribution in [2.75, 3.05) is 7.05 Å². The molecule has 1 fully saturated rings. The number of hydrogen-bond acceptors (Lipinski definition) is 2. The minimum Gasteiger partial charge on any atom is -0.389 e. The lowest BCUT2D eigenvalue weighted by molar-refractivity contribution is 0.206. The second kappa shape index (κ2) is 5.35. The number of amides is 2. The van der Waals surface area contributed by atoms with Crippen molar-refractivity contribution in [3.05, 3.63) is 35.4 Å². The Labute approximate surface area is 112 Å². The molecule has 0 saturated heterocycles. The van der Waals surface area contributed by atoms with E-state index < -0.39 is 0 Å². The molecule has 0 aliphatic heterocycles. The summed E-state index contributed by atoms with van der Waals surface area (Å²) in [6.07, 6.45) is 2.19. The quantitative estimate of drug-likeness (QED) is 0.812. The number of carbonyl (C=O) groups excluding carboxylic acids is 1. The lowest BCUT2D eigenvalue weighted by atomic mass is 10.1. The Kier molecular flexibility index (Phi) is 3.81. The third-order valence-corrected chi connectivity index (χ3v) is 3.12. The number of nitrogens with two attached hydrogens (primary N) is 1. The van der Waals surface area contributed by atoms with Crippen LogP contribution >= 0.6 is 12.2 Å². The van der Waals surface area contributed by atoms with Crippen LogP contribution in [-0.2, 0) is 6.54 Å². The van der Waals surface area contributed by atoms with Crippen molar-refractivity contribution in [2.24, 2.45) is 5.73 Å². The van der Waals surface area contributed by atoms with Crippen LogP contribution in [0.25, 0.3) is 0 Å². The van der Waals surface area contributed by atoms with E-state index in [2.05, 4.69) is 5.32 Å². The molecule has 0 spiro atoms. The van der Waals surface area contributed by atoms with Crippen LogP contribution in [0.5, 0.6) is 0 Å². The molecule has 5 heteroatoms. The molecular weight excluding hydrogens is 246 g/mol. The molecule has 4 nitrogen and oxygen atoms in total. The van der Waals surface area contributed by atoms with E-state index >= 15 is 0 Å². The summed E-state index contributed by atoms with van der Waals surface area (Å²) in [6, 6.07) is 8.00. The van der Waals surface area contributed by atoms with Gasteiger partial charge in [0.05, 0.1) is 0 Å². The van der Waals surface area contributed by atoms with E-state index in [4.69, 9.17) is 18.0 Å². The second-order valence-electron chi connectivity index (χ2n) is 4.64. The lowest BCUT2D eigenvalue weighted by Crippen LogP contribution is -2.37. The lowest BCUT2D eigenvalue weighted by Gasteiger charge is -2.18. The largest absolute Gasteiger partial charge is 0.389 e. The standard InChI is InChI=1S/C13H17N3OS/c1-16(13(17)15-11-5-6-11)8-9-3-2-4-10(7-9)12(14)18/h2-4,7,11H,5-6,8H2,1H3,(H2,14,18)(H,15,17). The van der Waals surface area contributed by atoms with Gasteiger partial charge >= 0.3 is 6.03 Å². The van der Waals surface area contributed by atoms with E-state index in [-0.39, 0.29) is 6.03 Å². The van der Waals surface area contributed by atoms with Crippen LogP contribution < -0.4 is 11.1 Å². The molecule has 0 aromatic heterocycles. The molecule has 0 radical (unpaired) electrons.